The molecular formula is C15H17NO4. The van der Waals surface area contributed by atoms with Crippen LogP contribution in [-0.4, -0.2) is 49.3 Å². The topological polar surface area (TPSA) is 48.0 Å². The van der Waals surface area contributed by atoms with Gasteiger partial charge in [-0.25, -0.2) is 0 Å². The van der Waals surface area contributed by atoms with Crippen molar-refractivity contribution in [1.82, 2.24) is 4.90 Å². The number of nitrogens with zero attached hydrogens (tertiary/aromatic N) is 1. The molecule has 3 aliphatic rings. The molecule has 4 rings (SSSR count). The number of ketones is 1. The molecule has 1 aromatic rings. The highest BCUT2D eigenvalue weighted by Gasteiger charge is 2.34. The van der Waals surface area contributed by atoms with Crippen LogP contribution in [0.1, 0.15) is 23.2 Å². The number of Topliss-reactive ketones (excluding diaryl/α,β-unsaturated/α-hetero) is 1. The number of likely N-dealkylation sites (tertiary alicyclic amines) is 1. The zero-order valence-corrected chi connectivity index (χ0v) is 11.2. The van der Waals surface area contributed by atoms with Gasteiger partial charge in [0.05, 0.1) is 18.8 Å². The van der Waals surface area contributed by atoms with E-state index < -0.39 is 0 Å². The largest absolute Gasteiger partial charge is 0.454 e. The summed E-state index contributed by atoms with van der Waals surface area (Å²) in [6.07, 6.45) is 2.88. The predicted molar refractivity (Wildman–Crippen MR) is 71.2 cm³/mol. The van der Waals surface area contributed by atoms with Crippen LogP contribution in [0.3, 0.4) is 0 Å². The van der Waals surface area contributed by atoms with Gasteiger partial charge in [0.2, 0.25) is 6.79 Å². The maximum atomic E-state index is 12.4. The molecule has 0 spiro atoms. The molecule has 0 aromatic heterocycles. The molecule has 1 aromatic carbocycles. The van der Waals surface area contributed by atoms with E-state index in [1.54, 1.807) is 12.1 Å². The number of hydrogen-bond acceptors (Lipinski definition) is 5. The van der Waals surface area contributed by atoms with E-state index in [0.717, 1.165) is 25.9 Å². The normalized spacial score (nSPS) is 27.8. The minimum atomic E-state index is 0.129. The number of rotatable bonds is 3. The summed E-state index contributed by atoms with van der Waals surface area (Å²) in [6.45, 7) is 2.43. The Labute approximate surface area is 117 Å². The van der Waals surface area contributed by atoms with Crippen molar-refractivity contribution in [2.45, 2.75) is 25.0 Å². The molecule has 3 heterocycles. The first kappa shape index (κ1) is 12.2. The Morgan fingerprint density at radius 2 is 1.90 bits per heavy atom. The number of hydrogen-bond donors (Lipinski definition) is 0. The summed E-state index contributed by atoms with van der Waals surface area (Å²) in [6, 6.07) is 5.39. The van der Waals surface area contributed by atoms with Crippen molar-refractivity contribution in [3.8, 4) is 11.5 Å². The van der Waals surface area contributed by atoms with E-state index in [0.29, 0.717) is 35.8 Å². The number of carbonyl (C=O) groups excluding carboxylic acids is 1. The molecule has 2 fully saturated rings. The lowest BCUT2D eigenvalue weighted by Gasteiger charge is -2.31. The van der Waals surface area contributed by atoms with Crippen LogP contribution < -0.4 is 9.47 Å². The number of carbonyl (C=O) groups is 1. The number of ether oxygens (including phenoxy) is 3. The molecule has 5 nitrogen and oxygen atoms in total. The summed E-state index contributed by atoms with van der Waals surface area (Å²) in [7, 11) is 0. The van der Waals surface area contributed by atoms with Gasteiger partial charge < -0.3 is 14.2 Å². The van der Waals surface area contributed by atoms with Crippen LogP contribution >= 0.6 is 0 Å². The molecular weight excluding hydrogens is 258 g/mol. The Morgan fingerprint density at radius 3 is 2.70 bits per heavy atom. The molecule has 2 saturated heterocycles. The Bertz CT molecular complexity index is 533. The van der Waals surface area contributed by atoms with Gasteiger partial charge in [0, 0.05) is 18.7 Å². The summed E-state index contributed by atoms with van der Waals surface area (Å²) in [5.41, 5.74) is 0.688. The van der Waals surface area contributed by atoms with Crippen molar-refractivity contribution < 1.29 is 19.0 Å². The maximum absolute atomic E-state index is 12.4. The highest BCUT2D eigenvalue weighted by atomic mass is 16.7. The summed E-state index contributed by atoms with van der Waals surface area (Å²) in [5, 5.41) is 0. The number of morpholine rings is 1. The fourth-order valence-corrected chi connectivity index (χ4v) is 3.19. The standard InChI is InChI=1S/C15H17NO4/c17-13(8-16-6-11-2-3-12(7-16)20-11)10-1-4-14-15(5-10)19-9-18-14/h1,4-5,11-12H,2-3,6-9H2. The second-order valence-corrected chi connectivity index (χ2v) is 5.64. The minimum absolute atomic E-state index is 0.129. The molecule has 3 aliphatic heterocycles. The van der Waals surface area contributed by atoms with Crippen molar-refractivity contribution >= 4 is 5.78 Å². The second-order valence-electron chi connectivity index (χ2n) is 5.64. The third-order valence-corrected chi connectivity index (χ3v) is 4.18. The molecule has 106 valence electrons. The molecule has 2 atom stereocenters. The Hall–Kier alpha value is -1.59. The van der Waals surface area contributed by atoms with Crippen LogP contribution in [0.2, 0.25) is 0 Å². The van der Waals surface area contributed by atoms with Crippen LogP contribution in [0.15, 0.2) is 18.2 Å². The summed E-state index contributed by atoms with van der Waals surface area (Å²) in [4.78, 5) is 14.6. The summed E-state index contributed by atoms with van der Waals surface area (Å²) >= 11 is 0. The molecule has 2 bridgehead atoms. The fourth-order valence-electron chi connectivity index (χ4n) is 3.19. The average molecular weight is 275 g/mol. The van der Waals surface area contributed by atoms with Gasteiger partial charge in [0.15, 0.2) is 17.3 Å². The highest BCUT2D eigenvalue weighted by Crippen LogP contribution is 2.33. The van der Waals surface area contributed by atoms with Crippen LogP contribution in [0.5, 0.6) is 11.5 Å². The van der Waals surface area contributed by atoms with Crippen molar-refractivity contribution in [3.05, 3.63) is 23.8 Å². The maximum Gasteiger partial charge on any atom is 0.231 e. The van der Waals surface area contributed by atoms with E-state index in [1.165, 1.54) is 0 Å². The second kappa shape index (κ2) is 4.75. The van der Waals surface area contributed by atoms with Gasteiger partial charge in [-0.3, -0.25) is 9.69 Å². The van der Waals surface area contributed by atoms with Gasteiger partial charge in [-0.2, -0.15) is 0 Å². The quantitative estimate of drug-likeness (QED) is 0.782. The van der Waals surface area contributed by atoms with E-state index in [1.807, 2.05) is 6.07 Å². The van der Waals surface area contributed by atoms with Gasteiger partial charge in [0.25, 0.3) is 0 Å². The zero-order chi connectivity index (χ0) is 13.5. The highest BCUT2D eigenvalue weighted by molar-refractivity contribution is 5.98. The van der Waals surface area contributed by atoms with Crippen LogP contribution in [0, 0.1) is 0 Å². The number of benzene rings is 1. The molecule has 0 N–H and O–H groups in total. The number of fused-ring (bicyclic) bond motifs is 3. The van der Waals surface area contributed by atoms with Gasteiger partial charge in [-0.1, -0.05) is 0 Å². The van der Waals surface area contributed by atoms with Crippen LogP contribution in [0.4, 0.5) is 0 Å². The lowest BCUT2D eigenvalue weighted by Crippen LogP contribution is -2.44. The van der Waals surface area contributed by atoms with Gasteiger partial charge >= 0.3 is 0 Å². The van der Waals surface area contributed by atoms with Crippen LogP contribution in [0.25, 0.3) is 0 Å². The first-order valence-electron chi connectivity index (χ1n) is 7.08. The van der Waals surface area contributed by atoms with E-state index in [2.05, 4.69) is 4.90 Å². The molecule has 0 aliphatic carbocycles. The van der Waals surface area contributed by atoms with Gasteiger partial charge in [-0.05, 0) is 31.0 Å². The van der Waals surface area contributed by atoms with E-state index in [9.17, 15) is 4.79 Å². The van der Waals surface area contributed by atoms with Crippen molar-refractivity contribution in [1.29, 1.82) is 0 Å². The predicted octanol–water partition coefficient (Wildman–Crippen LogP) is 1.46. The zero-order valence-electron chi connectivity index (χ0n) is 11.2. The van der Waals surface area contributed by atoms with Crippen molar-refractivity contribution in [3.63, 3.8) is 0 Å². The molecule has 20 heavy (non-hydrogen) atoms. The molecule has 0 amide bonds. The van der Waals surface area contributed by atoms with Gasteiger partial charge in [-0.15, -0.1) is 0 Å². The molecule has 0 radical (unpaired) electrons. The summed E-state index contributed by atoms with van der Waals surface area (Å²) < 4.78 is 16.4. The summed E-state index contributed by atoms with van der Waals surface area (Å²) in [5.74, 6) is 1.51. The minimum Gasteiger partial charge on any atom is -0.454 e. The smallest absolute Gasteiger partial charge is 0.231 e. The Kier molecular flexibility index (Phi) is 2.89. The fraction of sp³-hybridized carbons (Fsp3) is 0.533. The van der Waals surface area contributed by atoms with E-state index >= 15 is 0 Å². The molecule has 5 heteroatoms. The van der Waals surface area contributed by atoms with Gasteiger partial charge in [0.1, 0.15) is 0 Å². The lowest BCUT2D eigenvalue weighted by molar-refractivity contribution is -0.0355. The third kappa shape index (κ3) is 2.17. The monoisotopic (exact) mass is 275 g/mol. The van der Waals surface area contributed by atoms with E-state index in [-0.39, 0.29) is 12.6 Å². The van der Waals surface area contributed by atoms with E-state index in [4.69, 9.17) is 14.2 Å². The van der Waals surface area contributed by atoms with Crippen LogP contribution in [-0.2, 0) is 4.74 Å². The molecule has 0 saturated carbocycles. The lowest BCUT2D eigenvalue weighted by atomic mass is 10.1. The first-order valence-corrected chi connectivity index (χ1v) is 7.08. The third-order valence-electron chi connectivity index (χ3n) is 4.18. The average Bonchev–Trinajstić information content (AvgIpc) is 3.04. The Morgan fingerprint density at radius 1 is 1.15 bits per heavy atom. The molecule has 2 unspecified atom stereocenters. The van der Waals surface area contributed by atoms with Crippen molar-refractivity contribution in [2.75, 3.05) is 26.4 Å². The van der Waals surface area contributed by atoms with Crippen molar-refractivity contribution in [2.24, 2.45) is 0 Å². The Balaban J connectivity index is 1.45. The SMILES string of the molecule is O=C(CN1CC2CCC(C1)O2)c1ccc2c(c1)OCO2. The first-order chi connectivity index (χ1) is 9.78.